The highest BCUT2D eigenvalue weighted by molar-refractivity contribution is 9.10. The first-order valence-electron chi connectivity index (χ1n) is 4.51. The second-order valence-electron chi connectivity index (χ2n) is 3.86. The van der Waals surface area contributed by atoms with Gasteiger partial charge in [-0.25, -0.2) is 0 Å². The maximum absolute atomic E-state index is 5.14. The van der Waals surface area contributed by atoms with Crippen molar-refractivity contribution >= 4 is 27.3 Å². The van der Waals surface area contributed by atoms with Gasteiger partial charge in [-0.2, -0.15) is 0 Å². The highest BCUT2D eigenvalue weighted by Crippen LogP contribution is 2.22. The Morgan fingerprint density at radius 3 is 2.79 bits per heavy atom. The molecular formula is C10H16BrNOS. The normalized spacial score (nSPS) is 12.0. The van der Waals surface area contributed by atoms with E-state index in [0.717, 1.165) is 13.2 Å². The molecule has 1 rings (SSSR count). The van der Waals surface area contributed by atoms with Gasteiger partial charge in [-0.15, -0.1) is 11.3 Å². The van der Waals surface area contributed by atoms with Crippen LogP contribution < -0.4 is 5.32 Å². The number of hydrogen-bond donors (Lipinski definition) is 1. The fourth-order valence-corrected chi connectivity index (χ4v) is 2.61. The third kappa shape index (κ3) is 3.69. The van der Waals surface area contributed by atoms with E-state index in [1.807, 2.05) is 0 Å². The first-order valence-corrected chi connectivity index (χ1v) is 6.18. The van der Waals surface area contributed by atoms with Gasteiger partial charge in [0.2, 0.25) is 0 Å². The van der Waals surface area contributed by atoms with Gasteiger partial charge >= 0.3 is 0 Å². The number of ether oxygens (including phenoxy) is 1. The molecule has 0 radical (unpaired) electrons. The summed E-state index contributed by atoms with van der Waals surface area (Å²) >= 11 is 5.27. The average Bonchev–Trinajstić information content (AvgIpc) is 2.48. The minimum atomic E-state index is 0.0260. The monoisotopic (exact) mass is 277 g/mol. The Labute approximate surface area is 97.8 Å². The summed E-state index contributed by atoms with van der Waals surface area (Å²) in [6.45, 7) is 5.88. The molecule has 0 spiro atoms. The minimum absolute atomic E-state index is 0.0260. The van der Waals surface area contributed by atoms with Gasteiger partial charge in [0.1, 0.15) is 0 Å². The molecular weight excluding hydrogens is 262 g/mol. The maximum Gasteiger partial charge on any atom is 0.0639 e. The van der Waals surface area contributed by atoms with E-state index < -0.39 is 0 Å². The van der Waals surface area contributed by atoms with Crippen molar-refractivity contribution in [3.8, 4) is 0 Å². The molecule has 0 atom stereocenters. The number of nitrogens with one attached hydrogen (secondary N) is 1. The molecule has 0 fully saturated rings. The topological polar surface area (TPSA) is 21.3 Å². The molecule has 0 aromatic carbocycles. The van der Waals surface area contributed by atoms with E-state index in [4.69, 9.17) is 4.74 Å². The van der Waals surface area contributed by atoms with Crippen molar-refractivity contribution in [3.63, 3.8) is 0 Å². The second kappa shape index (κ2) is 5.26. The Morgan fingerprint density at radius 1 is 1.57 bits per heavy atom. The zero-order valence-corrected chi connectivity index (χ0v) is 11.2. The predicted molar refractivity (Wildman–Crippen MR) is 64.8 cm³/mol. The molecule has 0 aliphatic heterocycles. The van der Waals surface area contributed by atoms with Gasteiger partial charge in [-0.3, -0.25) is 0 Å². The quantitative estimate of drug-likeness (QED) is 0.894. The van der Waals surface area contributed by atoms with Crippen LogP contribution in [0.15, 0.2) is 15.9 Å². The fourth-order valence-electron chi connectivity index (χ4n) is 1.18. The second-order valence-corrected chi connectivity index (χ2v) is 5.72. The van der Waals surface area contributed by atoms with Crippen molar-refractivity contribution in [2.24, 2.45) is 0 Å². The van der Waals surface area contributed by atoms with Gasteiger partial charge < -0.3 is 10.1 Å². The number of thiophene rings is 1. The Morgan fingerprint density at radius 2 is 2.29 bits per heavy atom. The van der Waals surface area contributed by atoms with Crippen LogP contribution in [0.4, 0.5) is 0 Å². The van der Waals surface area contributed by atoms with Crippen LogP contribution in [0.1, 0.15) is 18.7 Å². The van der Waals surface area contributed by atoms with Crippen molar-refractivity contribution in [2.75, 3.05) is 13.7 Å². The Hall–Kier alpha value is 0.100. The van der Waals surface area contributed by atoms with Crippen molar-refractivity contribution in [3.05, 3.63) is 20.8 Å². The molecule has 1 heterocycles. The van der Waals surface area contributed by atoms with Gasteiger partial charge in [0.05, 0.1) is 6.61 Å². The molecule has 0 saturated heterocycles. The zero-order valence-electron chi connectivity index (χ0n) is 8.76. The summed E-state index contributed by atoms with van der Waals surface area (Å²) < 4.78 is 6.32. The fraction of sp³-hybridized carbons (Fsp3) is 0.600. The zero-order chi connectivity index (χ0) is 10.6. The summed E-state index contributed by atoms with van der Waals surface area (Å²) in [5, 5.41) is 5.55. The Balaban J connectivity index is 2.44. The lowest BCUT2D eigenvalue weighted by atomic mass is 10.1. The molecule has 4 heteroatoms. The van der Waals surface area contributed by atoms with Gasteiger partial charge in [0, 0.05) is 28.5 Å². The van der Waals surface area contributed by atoms with E-state index in [1.54, 1.807) is 18.4 Å². The van der Waals surface area contributed by atoms with Crippen LogP contribution in [-0.2, 0) is 11.3 Å². The van der Waals surface area contributed by atoms with Gasteiger partial charge in [0.25, 0.3) is 0 Å². The SMILES string of the molecule is COCC(C)(C)NCc1sccc1Br. The molecule has 0 aliphatic rings. The Bertz CT molecular complexity index is 285. The molecule has 0 unspecified atom stereocenters. The average molecular weight is 278 g/mol. The first kappa shape index (κ1) is 12.2. The van der Waals surface area contributed by atoms with Crippen molar-refractivity contribution in [1.82, 2.24) is 5.32 Å². The van der Waals surface area contributed by atoms with Gasteiger partial charge in [-0.05, 0) is 41.2 Å². The standard InChI is InChI=1S/C10H16BrNOS/c1-10(2,7-13-3)12-6-9-8(11)4-5-14-9/h4-5,12H,6-7H2,1-3H3. The lowest BCUT2D eigenvalue weighted by Crippen LogP contribution is -2.42. The van der Waals surface area contributed by atoms with Crippen molar-refractivity contribution < 1.29 is 4.74 Å². The third-order valence-electron chi connectivity index (χ3n) is 1.92. The molecule has 2 nitrogen and oxygen atoms in total. The Kier molecular flexibility index (Phi) is 4.57. The van der Waals surface area contributed by atoms with E-state index in [1.165, 1.54) is 9.35 Å². The van der Waals surface area contributed by atoms with E-state index in [0.29, 0.717) is 0 Å². The summed E-state index contributed by atoms with van der Waals surface area (Å²) in [7, 11) is 1.73. The van der Waals surface area contributed by atoms with Crippen LogP contribution in [0.3, 0.4) is 0 Å². The van der Waals surface area contributed by atoms with Crippen LogP contribution in [0.5, 0.6) is 0 Å². The van der Waals surface area contributed by atoms with Crippen molar-refractivity contribution in [1.29, 1.82) is 0 Å². The van der Waals surface area contributed by atoms with Crippen LogP contribution in [-0.4, -0.2) is 19.3 Å². The minimum Gasteiger partial charge on any atom is -0.383 e. The highest BCUT2D eigenvalue weighted by Gasteiger charge is 2.16. The van der Waals surface area contributed by atoms with Crippen LogP contribution >= 0.6 is 27.3 Å². The first-order chi connectivity index (χ1) is 6.55. The summed E-state index contributed by atoms with van der Waals surface area (Å²) in [6.07, 6.45) is 0. The van der Waals surface area contributed by atoms with Crippen LogP contribution in [0, 0.1) is 0 Å². The lowest BCUT2D eigenvalue weighted by molar-refractivity contribution is 0.128. The number of hydrogen-bond acceptors (Lipinski definition) is 3. The number of methoxy groups -OCH3 is 1. The van der Waals surface area contributed by atoms with Crippen LogP contribution in [0.2, 0.25) is 0 Å². The molecule has 0 aliphatic carbocycles. The molecule has 0 saturated carbocycles. The smallest absolute Gasteiger partial charge is 0.0639 e. The molecule has 0 amide bonds. The van der Waals surface area contributed by atoms with Gasteiger partial charge in [-0.1, -0.05) is 0 Å². The molecule has 14 heavy (non-hydrogen) atoms. The highest BCUT2D eigenvalue weighted by atomic mass is 79.9. The van der Waals surface area contributed by atoms with E-state index in [-0.39, 0.29) is 5.54 Å². The van der Waals surface area contributed by atoms with Crippen LogP contribution in [0.25, 0.3) is 0 Å². The maximum atomic E-state index is 5.14. The lowest BCUT2D eigenvalue weighted by Gasteiger charge is -2.25. The number of halogens is 1. The van der Waals surface area contributed by atoms with E-state index in [2.05, 4.69) is 46.5 Å². The summed E-state index contributed by atoms with van der Waals surface area (Å²) in [4.78, 5) is 1.33. The van der Waals surface area contributed by atoms with E-state index in [9.17, 15) is 0 Å². The summed E-state index contributed by atoms with van der Waals surface area (Å²) in [5.74, 6) is 0. The number of rotatable bonds is 5. The molecule has 1 aromatic heterocycles. The molecule has 1 aromatic rings. The largest absolute Gasteiger partial charge is 0.383 e. The molecule has 1 N–H and O–H groups in total. The third-order valence-corrected chi connectivity index (χ3v) is 3.85. The summed E-state index contributed by atoms with van der Waals surface area (Å²) in [5.41, 5.74) is 0.0260. The molecule has 0 bridgehead atoms. The summed E-state index contributed by atoms with van der Waals surface area (Å²) in [6, 6.07) is 2.07. The predicted octanol–water partition coefficient (Wildman–Crippen LogP) is 3.03. The molecule has 80 valence electrons. The van der Waals surface area contributed by atoms with E-state index >= 15 is 0 Å². The van der Waals surface area contributed by atoms with Crippen molar-refractivity contribution in [2.45, 2.75) is 25.9 Å². The van der Waals surface area contributed by atoms with Gasteiger partial charge in [0.15, 0.2) is 0 Å².